The number of carbonyl (C=O) groups is 2. The van der Waals surface area contributed by atoms with Gasteiger partial charge in [-0.2, -0.15) is 13.2 Å². The second-order valence-electron chi connectivity index (χ2n) is 6.60. The van der Waals surface area contributed by atoms with Crippen LogP contribution in [0.15, 0.2) is 48.5 Å². The molecule has 0 radical (unpaired) electrons. The molecule has 156 valence electrons. The number of aryl methyl sites for hydroxylation is 1. The first kappa shape index (κ1) is 22.3. The second-order valence-corrected chi connectivity index (χ2v) is 6.60. The van der Waals surface area contributed by atoms with Gasteiger partial charge in [0.15, 0.2) is 0 Å². The molecule has 0 fully saturated rings. The maximum absolute atomic E-state index is 13.1. The highest BCUT2D eigenvalue weighted by molar-refractivity contribution is 6.01. The molecule has 0 saturated heterocycles. The first-order chi connectivity index (χ1) is 13.7. The largest absolute Gasteiger partial charge is 0.416 e. The molecule has 0 aromatic heterocycles. The van der Waals surface area contributed by atoms with Gasteiger partial charge in [0.1, 0.15) is 0 Å². The molecule has 0 spiro atoms. The summed E-state index contributed by atoms with van der Waals surface area (Å²) in [6.45, 7) is 3.87. The maximum Gasteiger partial charge on any atom is 0.416 e. The van der Waals surface area contributed by atoms with E-state index in [0.29, 0.717) is 18.5 Å². The van der Waals surface area contributed by atoms with Gasteiger partial charge in [-0.05, 0) is 49.2 Å². The summed E-state index contributed by atoms with van der Waals surface area (Å²) in [6, 6.07) is 11.0. The van der Waals surface area contributed by atoms with Crippen LogP contribution in [0, 0.1) is 6.92 Å². The van der Waals surface area contributed by atoms with Crippen LogP contribution in [0.3, 0.4) is 0 Å². The molecule has 3 amide bonds. The third-order valence-corrected chi connectivity index (χ3v) is 4.13. The molecule has 2 N–H and O–H groups in total. The van der Waals surface area contributed by atoms with Crippen LogP contribution in [0.1, 0.15) is 30.9 Å². The zero-order chi connectivity index (χ0) is 21.4. The van der Waals surface area contributed by atoms with E-state index >= 15 is 0 Å². The van der Waals surface area contributed by atoms with Crippen molar-refractivity contribution in [1.29, 1.82) is 0 Å². The molecule has 0 aliphatic rings. The first-order valence-electron chi connectivity index (χ1n) is 9.30. The van der Waals surface area contributed by atoms with E-state index in [0.717, 1.165) is 17.7 Å². The number of nitrogens with one attached hydrogen (secondary N) is 2. The topological polar surface area (TPSA) is 61.4 Å². The minimum Gasteiger partial charge on any atom is -0.354 e. The minimum atomic E-state index is -4.52. The number of rotatable bonds is 7. The highest BCUT2D eigenvalue weighted by Gasteiger charge is 2.31. The van der Waals surface area contributed by atoms with Crippen LogP contribution < -0.4 is 15.5 Å². The Morgan fingerprint density at radius 2 is 1.79 bits per heavy atom. The Hall–Kier alpha value is -3.03. The lowest BCUT2D eigenvalue weighted by Crippen LogP contribution is -2.41. The van der Waals surface area contributed by atoms with Crippen LogP contribution >= 0.6 is 0 Å². The van der Waals surface area contributed by atoms with Crippen molar-refractivity contribution in [2.45, 2.75) is 32.9 Å². The smallest absolute Gasteiger partial charge is 0.354 e. The molecular weight excluding hydrogens is 383 g/mol. The van der Waals surface area contributed by atoms with E-state index in [2.05, 4.69) is 10.6 Å². The molecule has 0 aliphatic heterocycles. The molecule has 2 rings (SSSR count). The van der Waals surface area contributed by atoms with Gasteiger partial charge in [0.25, 0.3) is 0 Å². The van der Waals surface area contributed by atoms with Gasteiger partial charge in [-0.3, -0.25) is 9.69 Å². The predicted molar refractivity (Wildman–Crippen MR) is 107 cm³/mol. The Balaban J connectivity index is 2.23. The third-order valence-electron chi connectivity index (χ3n) is 4.13. The predicted octanol–water partition coefficient (Wildman–Crippen LogP) is 4.97. The zero-order valence-electron chi connectivity index (χ0n) is 16.3. The van der Waals surface area contributed by atoms with E-state index in [9.17, 15) is 22.8 Å². The Morgan fingerprint density at radius 1 is 1.07 bits per heavy atom. The van der Waals surface area contributed by atoms with Crippen LogP contribution in [0.25, 0.3) is 0 Å². The summed E-state index contributed by atoms with van der Waals surface area (Å²) in [5.41, 5.74) is 0.704. The Morgan fingerprint density at radius 3 is 2.45 bits per heavy atom. The fourth-order valence-corrected chi connectivity index (χ4v) is 2.73. The number of hydrogen-bond donors (Lipinski definition) is 2. The summed E-state index contributed by atoms with van der Waals surface area (Å²) in [7, 11) is 0. The van der Waals surface area contributed by atoms with Gasteiger partial charge in [0.05, 0.1) is 5.56 Å². The number of urea groups is 1. The van der Waals surface area contributed by atoms with Crippen molar-refractivity contribution in [3.63, 3.8) is 0 Å². The van der Waals surface area contributed by atoms with Gasteiger partial charge in [-0.1, -0.05) is 25.1 Å². The molecule has 0 saturated carbocycles. The molecule has 29 heavy (non-hydrogen) atoms. The Kier molecular flexibility index (Phi) is 7.64. The highest BCUT2D eigenvalue weighted by Crippen LogP contribution is 2.31. The standard InChI is InChI=1S/C21H24F3N3O2/c1-3-6-19(28)25-11-12-27(18-10-5-8-16(14-18)21(22,23)24)20(29)26-17-9-4-7-15(2)13-17/h4-5,7-10,13-14H,3,6,11-12H2,1-2H3,(H,25,28)(H,26,29). The molecule has 8 heteroatoms. The molecule has 2 aromatic carbocycles. The van der Waals surface area contributed by atoms with E-state index in [1.807, 2.05) is 19.9 Å². The van der Waals surface area contributed by atoms with Crippen LogP contribution in [0.4, 0.5) is 29.3 Å². The average molecular weight is 407 g/mol. The molecule has 5 nitrogen and oxygen atoms in total. The summed E-state index contributed by atoms with van der Waals surface area (Å²) in [4.78, 5) is 25.7. The highest BCUT2D eigenvalue weighted by atomic mass is 19.4. The van der Waals surface area contributed by atoms with Crippen LogP contribution in [-0.2, 0) is 11.0 Å². The van der Waals surface area contributed by atoms with Crippen molar-refractivity contribution in [3.05, 3.63) is 59.7 Å². The number of benzene rings is 2. The molecule has 0 atom stereocenters. The first-order valence-corrected chi connectivity index (χ1v) is 9.30. The number of carbonyl (C=O) groups excluding carboxylic acids is 2. The van der Waals surface area contributed by atoms with E-state index in [-0.39, 0.29) is 24.7 Å². The van der Waals surface area contributed by atoms with Crippen molar-refractivity contribution in [1.82, 2.24) is 5.32 Å². The number of hydrogen-bond acceptors (Lipinski definition) is 2. The Labute approximate surface area is 167 Å². The van der Waals surface area contributed by atoms with Crippen LogP contribution in [-0.4, -0.2) is 25.0 Å². The number of alkyl halides is 3. The number of nitrogens with zero attached hydrogens (tertiary/aromatic N) is 1. The van der Waals surface area contributed by atoms with Crippen LogP contribution in [0.2, 0.25) is 0 Å². The summed E-state index contributed by atoms with van der Waals surface area (Å²) in [5, 5.41) is 5.37. The molecule has 2 aromatic rings. The van der Waals surface area contributed by atoms with Crippen LogP contribution in [0.5, 0.6) is 0 Å². The summed E-state index contributed by atoms with van der Waals surface area (Å²) in [5.74, 6) is -0.171. The fourth-order valence-electron chi connectivity index (χ4n) is 2.73. The average Bonchev–Trinajstić information content (AvgIpc) is 2.65. The lowest BCUT2D eigenvalue weighted by molar-refractivity contribution is -0.137. The van der Waals surface area contributed by atoms with E-state index in [4.69, 9.17) is 0 Å². The van der Waals surface area contributed by atoms with E-state index in [1.165, 1.54) is 17.0 Å². The Bertz CT molecular complexity index is 853. The zero-order valence-corrected chi connectivity index (χ0v) is 16.3. The fraction of sp³-hybridized carbons (Fsp3) is 0.333. The summed E-state index contributed by atoms with van der Waals surface area (Å²) < 4.78 is 39.3. The molecule has 0 heterocycles. The third kappa shape index (κ3) is 6.81. The van der Waals surface area contributed by atoms with E-state index in [1.54, 1.807) is 18.2 Å². The van der Waals surface area contributed by atoms with Gasteiger partial charge in [0.2, 0.25) is 5.91 Å². The summed E-state index contributed by atoms with van der Waals surface area (Å²) in [6.07, 6.45) is -3.50. The SMILES string of the molecule is CCCC(=O)NCCN(C(=O)Nc1cccc(C)c1)c1cccc(C(F)(F)F)c1. The van der Waals surface area contributed by atoms with Gasteiger partial charge >= 0.3 is 12.2 Å². The number of halogens is 3. The summed E-state index contributed by atoms with van der Waals surface area (Å²) >= 11 is 0. The van der Waals surface area contributed by atoms with Gasteiger partial charge in [-0.25, -0.2) is 4.79 Å². The maximum atomic E-state index is 13.1. The molecular formula is C21H24F3N3O2. The lowest BCUT2D eigenvalue weighted by Gasteiger charge is -2.24. The van der Waals surface area contributed by atoms with Gasteiger partial charge in [-0.15, -0.1) is 0 Å². The van der Waals surface area contributed by atoms with Gasteiger partial charge < -0.3 is 10.6 Å². The van der Waals surface area contributed by atoms with Crippen molar-refractivity contribution in [3.8, 4) is 0 Å². The lowest BCUT2D eigenvalue weighted by atomic mass is 10.2. The quantitative estimate of drug-likeness (QED) is 0.681. The van der Waals surface area contributed by atoms with Crippen molar-refractivity contribution >= 4 is 23.3 Å². The monoisotopic (exact) mass is 407 g/mol. The molecule has 0 aliphatic carbocycles. The number of anilines is 2. The minimum absolute atomic E-state index is 0.0222. The van der Waals surface area contributed by atoms with Gasteiger partial charge in [0, 0.05) is 30.9 Å². The second kappa shape index (κ2) is 9.95. The van der Waals surface area contributed by atoms with Crippen molar-refractivity contribution in [2.24, 2.45) is 0 Å². The van der Waals surface area contributed by atoms with Crippen molar-refractivity contribution < 1.29 is 22.8 Å². The molecule has 0 unspecified atom stereocenters. The molecule has 0 bridgehead atoms. The normalized spacial score (nSPS) is 11.1. The van der Waals surface area contributed by atoms with Crippen molar-refractivity contribution in [2.75, 3.05) is 23.3 Å². The van der Waals surface area contributed by atoms with E-state index < -0.39 is 17.8 Å². The number of amides is 3.